The smallest absolute Gasteiger partial charge is 0.264 e. The molecule has 9 heteroatoms. The lowest BCUT2D eigenvalue weighted by Crippen LogP contribution is -2.22. The quantitative estimate of drug-likeness (QED) is 0.347. The molecule has 1 amide bonds. The van der Waals surface area contributed by atoms with E-state index in [9.17, 15) is 9.59 Å². The van der Waals surface area contributed by atoms with Crippen molar-refractivity contribution in [2.75, 3.05) is 0 Å². The highest BCUT2D eigenvalue weighted by Gasteiger charge is 2.14. The third-order valence-electron chi connectivity index (χ3n) is 6.15. The zero-order valence-electron chi connectivity index (χ0n) is 21.4. The summed E-state index contributed by atoms with van der Waals surface area (Å²) in [5.74, 6) is 5.65. The third-order valence-corrected chi connectivity index (χ3v) is 6.15. The molecular formula is C30H25N7O2. The average molecular weight is 516 g/mol. The van der Waals surface area contributed by atoms with Crippen LogP contribution in [0.2, 0.25) is 0 Å². The normalized spacial score (nSPS) is 10.5. The summed E-state index contributed by atoms with van der Waals surface area (Å²) < 4.78 is 3.32. The number of nitrogens with zero attached hydrogens (tertiary/aromatic N) is 5. The number of amides is 1. The molecule has 6 rings (SSSR count). The number of carbonyl (C=O) groups is 1. The fourth-order valence-electron chi connectivity index (χ4n) is 4.39. The first-order valence-corrected chi connectivity index (χ1v) is 12.3. The number of carbonyl (C=O) groups excluding carboxylic acids is 1. The van der Waals surface area contributed by atoms with E-state index in [-0.39, 0.29) is 5.56 Å². The van der Waals surface area contributed by atoms with Gasteiger partial charge in [-0.3, -0.25) is 19.3 Å². The molecule has 0 atom stereocenters. The molecule has 0 fully saturated rings. The van der Waals surface area contributed by atoms with Crippen LogP contribution < -0.4 is 11.3 Å². The minimum absolute atomic E-state index is 0.0416. The van der Waals surface area contributed by atoms with Gasteiger partial charge in [-0.25, -0.2) is 9.50 Å². The number of para-hydroxylation sites is 1. The molecule has 0 radical (unpaired) electrons. The first-order chi connectivity index (χ1) is 19.0. The van der Waals surface area contributed by atoms with Crippen LogP contribution in [0.1, 0.15) is 39.9 Å². The number of pyridine rings is 1. The van der Waals surface area contributed by atoms with Crippen molar-refractivity contribution in [1.82, 2.24) is 29.4 Å². The van der Waals surface area contributed by atoms with Crippen LogP contribution in [-0.4, -0.2) is 35.3 Å². The molecule has 3 N–H and O–H groups in total. The molecule has 0 spiro atoms. The fraction of sp³-hybridized carbons (Fsp3) is 0.100. The van der Waals surface area contributed by atoms with Crippen LogP contribution >= 0.6 is 0 Å². The number of primary amides is 1. The minimum atomic E-state index is -0.494. The summed E-state index contributed by atoms with van der Waals surface area (Å²) in [7, 11) is 0. The van der Waals surface area contributed by atoms with Gasteiger partial charge in [-0.15, -0.1) is 0 Å². The number of rotatable bonds is 3. The predicted molar refractivity (Wildman–Crippen MR) is 150 cm³/mol. The summed E-state index contributed by atoms with van der Waals surface area (Å²) >= 11 is 0. The Hall–Kier alpha value is -5.49. The maximum absolute atomic E-state index is 13.4. The van der Waals surface area contributed by atoms with Gasteiger partial charge in [0.05, 0.1) is 11.1 Å². The molecule has 2 aromatic carbocycles. The highest BCUT2D eigenvalue weighted by Crippen LogP contribution is 2.19. The Labute approximate surface area is 223 Å². The summed E-state index contributed by atoms with van der Waals surface area (Å²) in [4.78, 5) is 28.4. The van der Waals surface area contributed by atoms with E-state index in [2.05, 4.69) is 45.1 Å². The highest BCUT2D eigenvalue weighted by atomic mass is 16.1. The van der Waals surface area contributed by atoms with Crippen molar-refractivity contribution in [1.29, 1.82) is 0 Å². The molecular weight excluding hydrogens is 490 g/mol. The SMILES string of the molecule is CCc1cc2cccc(C#Cc3ccn[nH]3)c2c(=O)n1-c1ccccc1.Cc1nn2cccnc2c1C(N)=O. The molecule has 39 heavy (non-hydrogen) atoms. The maximum atomic E-state index is 13.4. The van der Waals surface area contributed by atoms with Gasteiger partial charge in [-0.05, 0) is 61.0 Å². The molecule has 6 aromatic rings. The summed E-state index contributed by atoms with van der Waals surface area (Å²) in [6.07, 6.45) is 5.75. The molecule has 0 unspecified atom stereocenters. The molecule has 0 saturated carbocycles. The Bertz CT molecular complexity index is 1910. The second-order valence-corrected chi connectivity index (χ2v) is 8.67. The molecule has 0 aliphatic carbocycles. The summed E-state index contributed by atoms with van der Waals surface area (Å²) in [6.45, 7) is 3.79. The van der Waals surface area contributed by atoms with Crippen molar-refractivity contribution < 1.29 is 4.79 Å². The summed E-state index contributed by atoms with van der Waals surface area (Å²) in [5, 5.41) is 12.4. The number of aromatic nitrogens is 6. The molecule has 192 valence electrons. The first-order valence-electron chi connectivity index (χ1n) is 12.3. The molecule has 4 aromatic heterocycles. The zero-order chi connectivity index (χ0) is 27.4. The Kier molecular flexibility index (Phi) is 7.01. The number of aromatic amines is 1. The van der Waals surface area contributed by atoms with Gasteiger partial charge in [0, 0.05) is 35.5 Å². The number of nitrogens with two attached hydrogens (primary N) is 1. The maximum Gasteiger partial charge on any atom is 0.264 e. The van der Waals surface area contributed by atoms with Gasteiger partial charge in [0.2, 0.25) is 0 Å². The molecule has 4 heterocycles. The largest absolute Gasteiger partial charge is 0.365 e. The van der Waals surface area contributed by atoms with Crippen LogP contribution in [0.15, 0.2) is 90.1 Å². The van der Waals surface area contributed by atoms with E-state index in [0.29, 0.717) is 22.3 Å². The van der Waals surface area contributed by atoms with Gasteiger partial charge in [0.15, 0.2) is 5.65 Å². The fourth-order valence-corrected chi connectivity index (χ4v) is 4.39. The summed E-state index contributed by atoms with van der Waals surface area (Å²) in [6, 6.07) is 21.1. The van der Waals surface area contributed by atoms with Crippen molar-refractivity contribution in [3.63, 3.8) is 0 Å². The number of hydrogen-bond donors (Lipinski definition) is 2. The second kappa shape index (κ2) is 10.9. The van der Waals surface area contributed by atoms with E-state index < -0.39 is 5.91 Å². The lowest BCUT2D eigenvalue weighted by molar-refractivity contribution is 0.100. The number of nitrogens with one attached hydrogen (secondary N) is 1. The lowest BCUT2D eigenvalue weighted by Gasteiger charge is -2.14. The van der Waals surface area contributed by atoms with Crippen molar-refractivity contribution in [3.05, 3.63) is 124 Å². The summed E-state index contributed by atoms with van der Waals surface area (Å²) in [5.41, 5.74) is 9.93. The van der Waals surface area contributed by atoms with Crippen molar-refractivity contribution in [2.24, 2.45) is 5.73 Å². The van der Waals surface area contributed by atoms with E-state index in [4.69, 9.17) is 5.73 Å². The van der Waals surface area contributed by atoms with E-state index >= 15 is 0 Å². The van der Waals surface area contributed by atoms with Crippen molar-refractivity contribution >= 4 is 22.3 Å². The monoisotopic (exact) mass is 515 g/mol. The third kappa shape index (κ3) is 5.04. The van der Waals surface area contributed by atoms with Crippen LogP contribution in [-0.2, 0) is 6.42 Å². The number of hydrogen-bond acceptors (Lipinski definition) is 5. The van der Waals surface area contributed by atoms with Crippen LogP contribution in [0.3, 0.4) is 0 Å². The van der Waals surface area contributed by atoms with Gasteiger partial charge in [0.1, 0.15) is 11.3 Å². The van der Waals surface area contributed by atoms with Crippen LogP contribution in [0, 0.1) is 18.8 Å². The van der Waals surface area contributed by atoms with Crippen LogP contribution in [0.25, 0.3) is 22.1 Å². The highest BCUT2D eigenvalue weighted by molar-refractivity contribution is 5.99. The molecule has 9 nitrogen and oxygen atoms in total. The van der Waals surface area contributed by atoms with E-state index in [1.807, 2.05) is 48.5 Å². The first kappa shape index (κ1) is 25.2. The Morgan fingerprint density at radius 1 is 1.03 bits per heavy atom. The van der Waals surface area contributed by atoms with Gasteiger partial charge in [0.25, 0.3) is 11.5 Å². The molecule has 0 bridgehead atoms. The Morgan fingerprint density at radius 2 is 1.85 bits per heavy atom. The second-order valence-electron chi connectivity index (χ2n) is 8.67. The molecule has 0 aliphatic heterocycles. The zero-order valence-corrected chi connectivity index (χ0v) is 21.4. The number of aryl methyl sites for hydroxylation is 2. The average Bonchev–Trinajstić information content (AvgIpc) is 3.59. The van der Waals surface area contributed by atoms with Crippen molar-refractivity contribution in [2.45, 2.75) is 20.3 Å². The Morgan fingerprint density at radius 3 is 2.56 bits per heavy atom. The lowest BCUT2D eigenvalue weighted by atomic mass is 10.0. The van der Waals surface area contributed by atoms with E-state index in [0.717, 1.165) is 34.4 Å². The van der Waals surface area contributed by atoms with Gasteiger partial charge in [-0.2, -0.15) is 10.2 Å². The van der Waals surface area contributed by atoms with Crippen LogP contribution in [0.5, 0.6) is 0 Å². The van der Waals surface area contributed by atoms with Crippen LogP contribution in [0.4, 0.5) is 0 Å². The van der Waals surface area contributed by atoms with E-state index in [1.165, 1.54) is 4.52 Å². The number of benzene rings is 2. The van der Waals surface area contributed by atoms with Gasteiger partial charge in [-0.1, -0.05) is 43.2 Å². The van der Waals surface area contributed by atoms with Gasteiger partial charge < -0.3 is 5.73 Å². The topological polar surface area (TPSA) is 124 Å². The predicted octanol–water partition coefficient (Wildman–Crippen LogP) is 3.81. The van der Waals surface area contributed by atoms with Gasteiger partial charge >= 0.3 is 0 Å². The van der Waals surface area contributed by atoms with E-state index in [1.54, 1.807) is 42.2 Å². The molecule has 0 saturated heterocycles. The standard InChI is InChI=1S/C22H17N3O.C8H8N4O/c1-2-19-15-17-8-6-7-16(11-12-18-13-14-23-24-18)21(17)22(26)25(19)20-9-4-3-5-10-20;1-5-6(7(9)13)8-10-3-2-4-12(8)11-5/h3-10,13-15H,2H2,1H3,(H,23,24);2-4H,1H3,(H2,9,13). The number of fused-ring (bicyclic) bond motifs is 2. The molecule has 0 aliphatic rings. The number of H-pyrrole nitrogens is 1. The Balaban J connectivity index is 0.000000198. The van der Waals surface area contributed by atoms with Crippen molar-refractivity contribution in [3.8, 4) is 17.5 Å². The minimum Gasteiger partial charge on any atom is -0.365 e.